The fourth-order valence-corrected chi connectivity index (χ4v) is 2.05. The number of aliphatic hydroxyl groups is 1. The van der Waals surface area contributed by atoms with Crippen LogP contribution in [0, 0.1) is 0 Å². The van der Waals surface area contributed by atoms with Crippen molar-refractivity contribution in [3.05, 3.63) is 22.4 Å². The van der Waals surface area contributed by atoms with Gasteiger partial charge in [0.05, 0.1) is 12.6 Å². The predicted molar refractivity (Wildman–Crippen MR) is 71.1 cm³/mol. The van der Waals surface area contributed by atoms with Crippen molar-refractivity contribution in [2.24, 2.45) is 0 Å². The van der Waals surface area contributed by atoms with Crippen molar-refractivity contribution in [1.29, 1.82) is 0 Å². The van der Waals surface area contributed by atoms with Crippen molar-refractivity contribution in [2.45, 2.75) is 32.9 Å². The van der Waals surface area contributed by atoms with E-state index in [2.05, 4.69) is 22.9 Å². The van der Waals surface area contributed by atoms with E-state index in [4.69, 9.17) is 5.11 Å². The van der Waals surface area contributed by atoms with Crippen molar-refractivity contribution in [3.63, 3.8) is 0 Å². The van der Waals surface area contributed by atoms with Gasteiger partial charge in [-0.1, -0.05) is 6.92 Å². The summed E-state index contributed by atoms with van der Waals surface area (Å²) in [5.74, 6) is -0.0642. The third-order valence-electron chi connectivity index (χ3n) is 2.79. The summed E-state index contributed by atoms with van der Waals surface area (Å²) in [6.07, 6.45) is 2.88. The average Bonchev–Trinajstić information content (AvgIpc) is 2.68. The number of carbonyl (C=O) groups is 1. The van der Waals surface area contributed by atoms with E-state index in [-0.39, 0.29) is 18.6 Å². The summed E-state index contributed by atoms with van der Waals surface area (Å²) in [5, 5.41) is 9.07. The van der Waals surface area contributed by atoms with Gasteiger partial charge in [-0.05, 0) is 35.3 Å². The zero-order valence-electron chi connectivity index (χ0n) is 10.5. The Morgan fingerprint density at radius 3 is 2.82 bits per heavy atom. The lowest BCUT2D eigenvalue weighted by atomic mass is 10.2. The number of aromatic nitrogens is 1. The topological polar surface area (TPSA) is 45.5 Å². The number of hydrogen-bond acceptors (Lipinski definition) is 2. The summed E-state index contributed by atoms with van der Waals surface area (Å²) in [7, 11) is 1.71. The first-order chi connectivity index (χ1) is 8.01. The summed E-state index contributed by atoms with van der Waals surface area (Å²) >= 11 is 3.38. The minimum Gasteiger partial charge on any atom is -0.394 e. The van der Waals surface area contributed by atoms with Crippen LogP contribution in [-0.4, -0.2) is 40.2 Å². The lowest BCUT2D eigenvalue weighted by Gasteiger charge is -2.23. The lowest BCUT2D eigenvalue weighted by molar-refractivity contribution is 0.0671. The molecule has 0 fully saturated rings. The quantitative estimate of drug-likeness (QED) is 0.905. The fourth-order valence-electron chi connectivity index (χ4n) is 1.58. The van der Waals surface area contributed by atoms with Crippen molar-refractivity contribution in [3.8, 4) is 0 Å². The Balaban J connectivity index is 2.94. The molecule has 4 nitrogen and oxygen atoms in total. The Labute approximate surface area is 110 Å². The normalized spacial score (nSPS) is 12.5. The van der Waals surface area contributed by atoms with Crippen LogP contribution >= 0.6 is 15.9 Å². The largest absolute Gasteiger partial charge is 0.394 e. The van der Waals surface area contributed by atoms with Gasteiger partial charge >= 0.3 is 0 Å². The van der Waals surface area contributed by atoms with Crippen molar-refractivity contribution in [2.75, 3.05) is 13.7 Å². The van der Waals surface area contributed by atoms with Gasteiger partial charge < -0.3 is 14.6 Å². The molecule has 1 rings (SSSR count). The van der Waals surface area contributed by atoms with E-state index >= 15 is 0 Å². The van der Waals surface area contributed by atoms with Gasteiger partial charge in [-0.25, -0.2) is 0 Å². The van der Waals surface area contributed by atoms with Crippen LogP contribution in [0.15, 0.2) is 16.7 Å². The maximum atomic E-state index is 12.2. The lowest BCUT2D eigenvalue weighted by Crippen LogP contribution is -2.38. The second-order valence-corrected chi connectivity index (χ2v) is 5.10. The molecule has 17 heavy (non-hydrogen) atoms. The van der Waals surface area contributed by atoms with E-state index in [0.717, 1.165) is 17.4 Å². The molecule has 1 unspecified atom stereocenters. The van der Waals surface area contributed by atoms with Gasteiger partial charge in [-0.3, -0.25) is 4.79 Å². The molecule has 0 spiro atoms. The Bertz CT molecular complexity index is 390. The molecule has 1 N–H and O–H groups in total. The van der Waals surface area contributed by atoms with Crippen LogP contribution in [-0.2, 0) is 6.54 Å². The molecule has 96 valence electrons. The summed E-state index contributed by atoms with van der Waals surface area (Å²) in [6, 6.07) is 1.64. The van der Waals surface area contributed by atoms with E-state index in [1.807, 2.05) is 23.8 Å². The molecule has 1 aromatic rings. The fraction of sp³-hybridized carbons (Fsp3) is 0.583. The molecule has 0 aliphatic rings. The smallest absolute Gasteiger partial charge is 0.270 e. The number of rotatable bonds is 5. The van der Waals surface area contributed by atoms with Gasteiger partial charge in [0.1, 0.15) is 5.69 Å². The molecule has 5 heteroatoms. The molecular weight excluding hydrogens is 284 g/mol. The van der Waals surface area contributed by atoms with Gasteiger partial charge in [0.15, 0.2) is 0 Å². The number of aliphatic hydroxyl groups excluding tert-OH is 1. The van der Waals surface area contributed by atoms with E-state index in [1.54, 1.807) is 11.9 Å². The molecule has 1 atom stereocenters. The molecule has 0 aliphatic carbocycles. The molecule has 0 aromatic carbocycles. The maximum Gasteiger partial charge on any atom is 0.270 e. The van der Waals surface area contributed by atoms with E-state index in [1.165, 1.54) is 0 Å². The Morgan fingerprint density at radius 2 is 2.29 bits per heavy atom. The van der Waals surface area contributed by atoms with Gasteiger partial charge in [-0.2, -0.15) is 0 Å². The standard InChI is InChI=1S/C12H19BrN2O2/c1-4-5-15-7-10(13)6-11(15)12(17)14(3)9(2)8-16/h6-7,9,16H,4-5,8H2,1-3H3. The average molecular weight is 303 g/mol. The number of hydrogen-bond donors (Lipinski definition) is 1. The van der Waals surface area contributed by atoms with Crippen LogP contribution in [0.2, 0.25) is 0 Å². The highest BCUT2D eigenvalue weighted by molar-refractivity contribution is 9.10. The Hall–Kier alpha value is -0.810. The van der Waals surface area contributed by atoms with Crippen LogP contribution in [0.25, 0.3) is 0 Å². The maximum absolute atomic E-state index is 12.2. The number of aryl methyl sites for hydroxylation is 1. The minimum absolute atomic E-state index is 0.0299. The van der Waals surface area contributed by atoms with Crippen LogP contribution in [0.5, 0.6) is 0 Å². The first-order valence-electron chi connectivity index (χ1n) is 5.75. The summed E-state index contributed by atoms with van der Waals surface area (Å²) in [6.45, 7) is 4.67. The van der Waals surface area contributed by atoms with E-state index in [0.29, 0.717) is 5.69 Å². The summed E-state index contributed by atoms with van der Waals surface area (Å²) in [5.41, 5.74) is 0.654. The molecule has 0 saturated heterocycles. The number of amides is 1. The zero-order chi connectivity index (χ0) is 13.0. The number of halogens is 1. The number of carbonyl (C=O) groups excluding carboxylic acids is 1. The van der Waals surface area contributed by atoms with Crippen molar-refractivity contribution >= 4 is 21.8 Å². The third kappa shape index (κ3) is 3.33. The van der Waals surface area contributed by atoms with Crippen LogP contribution in [0.4, 0.5) is 0 Å². The molecule has 1 aromatic heterocycles. The third-order valence-corrected chi connectivity index (χ3v) is 3.23. The number of nitrogens with zero attached hydrogens (tertiary/aromatic N) is 2. The second-order valence-electron chi connectivity index (χ2n) is 4.18. The van der Waals surface area contributed by atoms with Crippen LogP contribution < -0.4 is 0 Å². The van der Waals surface area contributed by atoms with Crippen LogP contribution in [0.1, 0.15) is 30.8 Å². The Morgan fingerprint density at radius 1 is 1.65 bits per heavy atom. The van der Waals surface area contributed by atoms with E-state index < -0.39 is 0 Å². The van der Waals surface area contributed by atoms with Crippen molar-refractivity contribution < 1.29 is 9.90 Å². The highest BCUT2D eigenvalue weighted by Gasteiger charge is 2.20. The van der Waals surface area contributed by atoms with Crippen molar-refractivity contribution in [1.82, 2.24) is 9.47 Å². The number of likely N-dealkylation sites (N-methyl/N-ethyl adjacent to an activating group) is 1. The highest BCUT2D eigenvalue weighted by Crippen LogP contribution is 2.17. The SMILES string of the molecule is CCCn1cc(Br)cc1C(=O)N(C)C(C)CO. The summed E-state index contributed by atoms with van der Waals surface area (Å²) < 4.78 is 2.84. The second kappa shape index (κ2) is 6.21. The predicted octanol–water partition coefficient (Wildman–Crippen LogP) is 2.11. The van der Waals surface area contributed by atoms with Gasteiger partial charge in [0, 0.05) is 24.3 Å². The first kappa shape index (κ1) is 14.3. The molecule has 1 amide bonds. The molecule has 0 bridgehead atoms. The monoisotopic (exact) mass is 302 g/mol. The van der Waals surface area contributed by atoms with Gasteiger partial charge in [-0.15, -0.1) is 0 Å². The minimum atomic E-state index is -0.175. The molecule has 0 aliphatic heterocycles. The highest BCUT2D eigenvalue weighted by atomic mass is 79.9. The summed E-state index contributed by atoms with van der Waals surface area (Å²) in [4.78, 5) is 13.8. The first-order valence-corrected chi connectivity index (χ1v) is 6.54. The van der Waals surface area contributed by atoms with Crippen LogP contribution in [0.3, 0.4) is 0 Å². The van der Waals surface area contributed by atoms with Gasteiger partial charge in [0.25, 0.3) is 5.91 Å². The molecule has 0 saturated carbocycles. The Kier molecular flexibility index (Phi) is 5.21. The molecular formula is C12H19BrN2O2. The van der Waals surface area contributed by atoms with Gasteiger partial charge in [0.2, 0.25) is 0 Å². The van der Waals surface area contributed by atoms with E-state index in [9.17, 15) is 4.79 Å². The zero-order valence-corrected chi connectivity index (χ0v) is 12.1. The molecule has 0 radical (unpaired) electrons. The molecule has 1 heterocycles.